The van der Waals surface area contributed by atoms with Crippen molar-refractivity contribution < 1.29 is 14.3 Å². The van der Waals surface area contributed by atoms with E-state index in [-0.39, 0.29) is 30.2 Å². The van der Waals surface area contributed by atoms with Gasteiger partial charge in [0.1, 0.15) is 11.9 Å². The van der Waals surface area contributed by atoms with Crippen LogP contribution in [0.5, 0.6) is 0 Å². The maximum Gasteiger partial charge on any atom is 0.241 e. The Kier molecular flexibility index (Phi) is 7.85. The Hall–Kier alpha value is -1.95. The summed E-state index contributed by atoms with van der Waals surface area (Å²) in [4.78, 5) is 12.1. The second kappa shape index (κ2) is 9.37. The molecule has 3 unspecified atom stereocenters. The van der Waals surface area contributed by atoms with Crippen molar-refractivity contribution in [1.82, 2.24) is 5.32 Å². The number of amides is 1. The SMILES string of the molecule is CC(CC(O)c1ccc(F)cc1)NC(=O)C(N)c1ccccc1.Cl. The number of hydrogen-bond acceptors (Lipinski definition) is 3. The Bertz CT molecular complexity index is 637. The van der Waals surface area contributed by atoms with E-state index in [2.05, 4.69) is 5.32 Å². The zero-order valence-electron chi connectivity index (χ0n) is 13.4. The molecule has 130 valence electrons. The van der Waals surface area contributed by atoms with Crippen molar-refractivity contribution in [2.75, 3.05) is 0 Å². The van der Waals surface area contributed by atoms with E-state index in [1.54, 1.807) is 19.1 Å². The zero-order chi connectivity index (χ0) is 16.8. The molecule has 1 amide bonds. The first-order valence-electron chi connectivity index (χ1n) is 7.52. The molecular formula is C18H22ClFN2O2. The molecular weight excluding hydrogens is 331 g/mol. The number of carbonyl (C=O) groups excluding carboxylic acids is 1. The summed E-state index contributed by atoms with van der Waals surface area (Å²) in [7, 11) is 0. The van der Waals surface area contributed by atoms with Crippen molar-refractivity contribution >= 4 is 18.3 Å². The van der Waals surface area contributed by atoms with Gasteiger partial charge in [-0.1, -0.05) is 42.5 Å². The minimum atomic E-state index is -0.779. The molecule has 0 aliphatic carbocycles. The van der Waals surface area contributed by atoms with E-state index >= 15 is 0 Å². The molecule has 4 N–H and O–H groups in total. The van der Waals surface area contributed by atoms with E-state index < -0.39 is 12.1 Å². The van der Waals surface area contributed by atoms with Crippen LogP contribution in [0.3, 0.4) is 0 Å². The molecule has 0 spiro atoms. The van der Waals surface area contributed by atoms with Crippen molar-refractivity contribution in [2.24, 2.45) is 5.73 Å². The lowest BCUT2D eigenvalue weighted by molar-refractivity contribution is -0.123. The van der Waals surface area contributed by atoms with Gasteiger partial charge >= 0.3 is 0 Å². The Balaban J connectivity index is 0.00000288. The molecule has 0 aliphatic heterocycles. The molecule has 0 bridgehead atoms. The fourth-order valence-corrected chi connectivity index (χ4v) is 2.36. The summed E-state index contributed by atoms with van der Waals surface area (Å²) in [6.45, 7) is 1.79. The number of halogens is 2. The van der Waals surface area contributed by atoms with Gasteiger partial charge in [0.05, 0.1) is 6.10 Å². The number of nitrogens with two attached hydrogens (primary N) is 1. The molecule has 2 rings (SSSR count). The molecule has 0 saturated carbocycles. The van der Waals surface area contributed by atoms with Gasteiger partial charge in [-0.2, -0.15) is 0 Å². The van der Waals surface area contributed by atoms with Crippen LogP contribution >= 0.6 is 12.4 Å². The van der Waals surface area contributed by atoms with E-state index in [1.165, 1.54) is 24.3 Å². The number of benzene rings is 2. The lowest BCUT2D eigenvalue weighted by Crippen LogP contribution is -2.40. The Labute approximate surface area is 147 Å². The van der Waals surface area contributed by atoms with Crippen molar-refractivity contribution in [3.8, 4) is 0 Å². The molecule has 0 aromatic heterocycles. The van der Waals surface area contributed by atoms with Gasteiger partial charge in [0.2, 0.25) is 5.91 Å². The van der Waals surface area contributed by atoms with E-state index in [0.29, 0.717) is 12.0 Å². The van der Waals surface area contributed by atoms with Crippen molar-refractivity contribution in [2.45, 2.75) is 31.5 Å². The van der Waals surface area contributed by atoms with Crippen LogP contribution in [-0.2, 0) is 4.79 Å². The highest BCUT2D eigenvalue weighted by Crippen LogP contribution is 2.19. The third-order valence-electron chi connectivity index (χ3n) is 3.66. The van der Waals surface area contributed by atoms with Crippen LogP contribution in [0.15, 0.2) is 54.6 Å². The summed E-state index contributed by atoms with van der Waals surface area (Å²) in [5, 5.41) is 12.9. The van der Waals surface area contributed by atoms with Crippen molar-refractivity contribution in [3.63, 3.8) is 0 Å². The molecule has 0 fully saturated rings. The first-order valence-corrected chi connectivity index (χ1v) is 7.52. The van der Waals surface area contributed by atoms with Crippen molar-refractivity contribution in [1.29, 1.82) is 0 Å². The monoisotopic (exact) mass is 352 g/mol. The molecule has 6 heteroatoms. The van der Waals surface area contributed by atoms with Gasteiger partial charge in [0.25, 0.3) is 0 Å². The van der Waals surface area contributed by atoms with E-state index in [4.69, 9.17) is 5.73 Å². The molecule has 24 heavy (non-hydrogen) atoms. The van der Waals surface area contributed by atoms with Gasteiger partial charge in [-0.05, 0) is 36.6 Å². The highest BCUT2D eigenvalue weighted by atomic mass is 35.5. The van der Waals surface area contributed by atoms with Gasteiger partial charge in [-0.3, -0.25) is 4.79 Å². The topological polar surface area (TPSA) is 75.3 Å². The lowest BCUT2D eigenvalue weighted by Gasteiger charge is -2.20. The Morgan fingerprint density at radius 2 is 1.71 bits per heavy atom. The highest BCUT2D eigenvalue weighted by Gasteiger charge is 2.19. The lowest BCUT2D eigenvalue weighted by atomic mass is 10.0. The first-order chi connectivity index (χ1) is 11.0. The highest BCUT2D eigenvalue weighted by molar-refractivity contribution is 5.85. The van der Waals surface area contributed by atoms with Crippen molar-refractivity contribution in [3.05, 3.63) is 71.5 Å². The Morgan fingerprint density at radius 1 is 1.12 bits per heavy atom. The van der Waals surface area contributed by atoms with Gasteiger partial charge in [0, 0.05) is 6.04 Å². The standard InChI is InChI=1S/C18H21FN2O2.ClH/c1-12(11-16(22)13-7-9-15(19)10-8-13)21-18(23)17(20)14-5-3-2-4-6-14;/h2-10,12,16-17,22H,11,20H2,1H3,(H,21,23);1H. The molecule has 0 radical (unpaired) electrons. The predicted octanol–water partition coefficient (Wildman–Crippen LogP) is 2.88. The molecule has 0 aliphatic rings. The number of carbonyl (C=O) groups is 1. The smallest absolute Gasteiger partial charge is 0.241 e. The van der Waals surface area contributed by atoms with Crippen LogP contribution in [0.25, 0.3) is 0 Å². The number of aliphatic hydroxyl groups excluding tert-OH is 1. The normalized spacial score (nSPS) is 14.2. The van der Waals surface area contributed by atoms with E-state index in [9.17, 15) is 14.3 Å². The summed E-state index contributed by atoms with van der Waals surface area (Å²) >= 11 is 0. The second-order valence-electron chi connectivity index (χ2n) is 5.60. The fourth-order valence-electron chi connectivity index (χ4n) is 2.36. The van der Waals surface area contributed by atoms with Crippen LogP contribution in [-0.4, -0.2) is 17.1 Å². The third-order valence-corrected chi connectivity index (χ3v) is 3.66. The van der Waals surface area contributed by atoms with Crippen LogP contribution in [0.1, 0.15) is 36.6 Å². The minimum Gasteiger partial charge on any atom is -0.388 e. The largest absolute Gasteiger partial charge is 0.388 e. The van der Waals surface area contributed by atoms with Crippen LogP contribution in [0.4, 0.5) is 4.39 Å². The number of aliphatic hydroxyl groups is 1. The van der Waals surface area contributed by atoms with Gasteiger partial charge < -0.3 is 16.2 Å². The van der Waals surface area contributed by atoms with Crippen LogP contribution < -0.4 is 11.1 Å². The summed E-state index contributed by atoms with van der Waals surface area (Å²) < 4.78 is 12.9. The molecule has 0 saturated heterocycles. The minimum absolute atomic E-state index is 0. The Morgan fingerprint density at radius 3 is 2.29 bits per heavy atom. The number of hydrogen-bond donors (Lipinski definition) is 3. The maximum absolute atomic E-state index is 12.9. The predicted molar refractivity (Wildman–Crippen MR) is 94.2 cm³/mol. The maximum atomic E-state index is 12.9. The van der Waals surface area contributed by atoms with Gasteiger partial charge in [-0.15, -0.1) is 12.4 Å². The summed E-state index contributed by atoms with van der Waals surface area (Å²) in [5.41, 5.74) is 7.27. The summed E-state index contributed by atoms with van der Waals surface area (Å²) in [6.07, 6.45) is -0.461. The summed E-state index contributed by atoms with van der Waals surface area (Å²) in [6, 6.07) is 13.7. The van der Waals surface area contributed by atoms with E-state index in [1.807, 2.05) is 18.2 Å². The molecule has 3 atom stereocenters. The first kappa shape index (κ1) is 20.1. The number of nitrogens with one attached hydrogen (secondary N) is 1. The molecule has 2 aromatic carbocycles. The molecule has 0 heterocycles. The van der Waals surface area contributed by atoms with E-state index in [0.717, 1.165) is 5.56 Å². The number of rotatable bonds is 6. The second-order valence-corrected chi connectivity index (χ2v) is 5.60. The van der Waals surface area contributed by atoms with Gasteiger partial charge in [-0.25, -0.2) is 4.39 Å². The summed E-state index contributed by atoms with van der Waals surface area (Å²) in [5.74, 6) is -0.647. The molecule has 2 aromatic rings. The zero-order valence-corrected chi connectivity index (χ0v) is 14.2. The molecule has 4 nitrogen and oxygen atoms in total. The van der Waals surface area contributed by atoms with Crippen LogP contribution in [0, 0.1) is 5.82 Å². The fraction of sp³-hybridized carbons (Fsp3) is 0.278. The average molecular weight is 353 g/mol. The van der Waals surface area contributed by atoms with Gasteiger partial charge in [0.15, 0.2) is 0 Å². The third kappa shape index (κ3) is 5.60. The average Bonchev–Trinajstić information content (AvgIpc) is 2.55. The van der Waals surface area contributed by atoms with Crippen LogP contribution in [0.2, 0.25) is 0 Å². The quantitative estimate of drug-likeness (QED) is 0.748.